The molecular weight excluding hydrogens is 378 g/mol. The van der Waals surface area contributed by atoms with Crippen LogP contribution in [0.3, 0.4) is 0 Å². The SMILES string of the molecule is CCNC(=NCCC(=O)Nc1cccc(C)n1)N1CCC(Oc2ccccc2)CC1. The van der Waals surface area contributed by atoms with Crippen LogP contribution in [0.2, 0.25) is 0 Å². The van der Waals surface area contributed by atoms with Gasteiger partial charge in [0.1, 0.15) is 17.7 Å². The van der Waals surface area contributed by atoms with Gasteiger partial charge in [0.15, 0.2) is 5.96 Å². The Kier molecular flexibility index (Phi) is 8.06. The topological polar surface area (TPSA) is 78.8 Å². The zero-order chi connectivity index (χ0) is 21.2. The summed E-state index contributed by atoms with van der Waals surface area (Å²) in [5, 5.41) is 6.17. The van der Waals surface area contributed by atoms with Crippen LogP contribution in [0.5, 0.6) is 5.75 Å². The molecule has 1 aliphatic heterocycles. The Hall–Kier alpha value is -3.09. The highest BCUT2D eigenvalue weighted by molar-refractivity contribution is 5.90. The first-order valence-electron chi connectivity index (χ1n) is 10.6. The van der Waals surface area contributed by atoms with Crippen LogP contribution in [0, 0.1) is 6.92 Å². The van der Waals surface area contributed by atoms with E-state index in [4.69, 9.17) is 4.74 Å². The fourth-order valence-corrected chi connectivity index (χ4v) is 3.38. The maximum atomic E-state index is 12.2. The van der Waals surface area contributed by atoms with Crippen molar-refractivity contribution in [2.45, 2.75) is 39.2 Å². The van der Waals surface area contributed by atoms with E-state index in [9.17, 15) is 4.79 Å². The summed E-state index contributed by atoms with van der Waals surface area (Å²) in [5.74, 6) is 2.28. The van der Waals surface area contributed by atoms with Crippen molar-refractivity contribution in [1.82, 2.24) is 15.2 Å². The third-order valence-corrected chi connectivity index (χ3v) is 4.88. The van der Waals surface area contributed by atoms with E-state index in [1.165, 1.54) is 0 Å². The number of likely N-dealkylation sites (tertiary alicyclic amines) is 1. The molecule has 0 bridgehead atoms. The van der Waals surface area contributed by atoms with Gasteiger partial charge in [-0.05, 0) is 38.1 Å². The first kappa shape index (κ1) is 21.6. The number of carbonyl (C=O) groups is 1. The van der Waals surface area contributed by atoms with E-state index in [0.717, 1.165) is 49.9 Å². The van der Waals surface area contributed by atoms with Crippen molar-refractivity contribution in [2.75, 3.05) is 31.5 Å². The summed E-state index contributed by atoms with van der Waals surface area (Å²) < 4.78 is 6.08. The van der Waals surface area contributed by atoms with Crippen molar-refractivity contribution < 1.29 is 9.53 Å². The van der Waals surface area contributed by atoms with Gasteiger partial charge in [-0.2, -0.15) is 0 Å². The van der Waals surface area contributed by atoms with E-state index < -0.39 is 0 Å². The van der Waals surface area contributed by atoms with Gasteiger partial charge in [-0.15, -0.1) is 0 Å². The molecule has 2 heterocycles. The molecule has 0 saturated carbocycles. The number of aromatic nitrogens is 1. The monoisotopic (exact) mass is 409 g/mol. The molecule has 0 radical (unpaired) electrons. The summed E-state index contributed by atoms with van der Waals surface area (Å²) in [4.78, 5) is 23.4. The number of para-hydroxylation sites is 1. The number of benzene rings is 1. The molecule has 7 nitrogen and oxygen atoms in total. The second kappa shape index (κ2) is 11.2. The first-order valence-corrected chi connectivity index (χ1v) is 10.6. The fourth-order valence-electron chi connectivity index (χ4n) is 3.38. The van der Waals surface area contributed by atoms with Gasteiger partial charge in [0.05, 0.1) is 6.54 Å². The summed E-state index contributed by atoms with van der Waals surface area (Å²) in [7, 11) is 0. The molecule has 2 aromatic rings. The number of rotatable bonds is 7. The number of pyridine rings is 1. The predicted molar refractivity (Wildman–Crippen MR) is 120 cm³/mol. The Bertz CT molecular complexity index is 832. The van der Waals surface area contributed by atoms with Crippen molar-refractivity contribution in [3.63, 3.8) is 0 Å². The third-order valence-electron chi connectivity index (χ3n) is 4.88. The van der Waals surface area contributed by atoms with E-state index in [1.807, 2.05) is 49.4 Å². The molecule has 1 fully saturated rings. The van der Waals surface area contributed by atoms with Gasteiger partial charge in [0, 0.05) is 44.6 Å². The van der Waals surface area contributed by atoms with Gasteiger partial charge in [-0.1, -0.05) is 24.3 Å². The lowest BCUT2D eigenvalue weighted by atomic mass is 10.1. The molecule has 1 aliphatic rings. The van der Waals surface area contributed by atoms with Crippen molar-refractivity contribution in [3.8, 4) is 5.75 Å². The van der Waals surface area contributed by atoms with Crippen LogP contribution in [0.1, 0.15) is 31.9 Å². The molecular formula is C23H31N5O2. The lowest BCUT2D eigenvalue weighted by Gasteiger charge is -2.34. The largest absolute Gasteiger partial charge is 0.490 e. The van der Waals surface area contributed by atoms with Crippen LogP contribution >= 0.6 is 0 Å². The number of nitrogens with one attached hydrogen (secondary N) is 2. The molecule has 0 aliphatic carbocycles. The number of anilines is 1. The average molecular weight is 410 g/mol. The standard InChI is InChI=1S/C23H31N5O2/c1-3-24-23(25-15-12-22(29)27-21-11-7-8-18(2)26-21)28-16-13-20(14-17-28)30-19-9-5-4-6-10-19/h4-11,20H,3,12-17H2,1-2H3,(H,24,25)(H,26,27,29). The molecule has 0 spiro atoms. The van der Waals surface area contributed by atoms with Crippen LogP contribution in [0.4, 0.5) is 5.82 Å². The van der Waals surface area contributed by atoms with Gasteiger partial charge in [-0.3, -0.25) is 9.79 Å². The lowest BCUT2D eigenvalue weighted by Crippen LogP contribution is -2.47. The number of aryl methyl sites for hydroxylation is 1. The Morgan fingerprint density at radius 3 is 2.63 bits per heavy atom. The van der Waals surface area contributed by atoms with Crippen LogP contribution in [-0.2, 0) is 4.79 Å². The van der Waals surface area contributed by atoms with E-state index in [2.05, 4.69) is 32.4 Å². The Labute approximate surface area is 178 Å². The summed E-state index contributed by atoms with van der Waals surface area (Å²) >= 11 is 0. The average Bonchev–Trinajstić information content (AvgIpc) is 2.74. The smallest absolute Gasteiger partial charge is 0.227 e. The van der Waals surface area contributed by atoms with Gasteiger partial charge in [-0.25, -0.2) is 4.98 Å². The third kappa shape index (κ3) is 6.76. The molecule has 0 unspecified atom stereocenters. The summed E-state index contributed by atoms with van der Waals surface area (Å²) in [6.45, 7) is 6.93. The summed E-state index contributed by atoms with van der Waals surface area (Å²) in [6, 6.07) is 15.5. The molecule has 1 aromatic heterocycles. The number of carbonyl (C=O) groups excluding carboxylic acids is 1. The fraction of sp³-hybridized carbons (Fsp3) is 0.435. The summed E-state index contributed by atoms with van der Waals surface area (Å²) in [6.07, 6.45) is 2.43. The number of hydrogen-bond donors (Lipinski definition) is 2. The number of piperidine rings is 1. The summed E-state index contributed by atoms with van der Waals surface area (Å²) in [5.41, 5.74) is 0.875. The number of amides is 1. The second-order valence-corrected chi connectivity index (χ2v) is 7.32. The minimum Gasteiger partial charge on any atom is -0.490 e. The molecule has 3 rings (SSSR count). The maximum Gasteiger partial charge on any atom is 0.227 e. The predicted octanol–water partition coefficient (Wildman–Crippen LogP) is 3.23. The number of nitrogens with zero attached hydrogens (tertiary/aromatic N) is 3. The van der Waals surface area contributed by atoms with Gasteiger partial charge in [0.25, 0.3) is 0 Å². The zero-order valence-corrected chi connectivity index (χ0v) is 17.8. The zero-order valence-electron chi connectivity index (χ0n) is 17.8. The van der Waals surface area contributed by atoms with Crippen molar-refractivity contribution >= 4 is 17.7 Å². The minimum absolute atomic E-state index is 0.0809. The number of hydrogen-bond acceptors (Lipinski definition) is 4. The molecule has 2 N–H and O–H groups in total. The van der Waals surface area contributed by atoms with Crippen molar-refractivity contribution in [1.29, 1.82) is 0 Å². The maximum absolute atomic E-state index is 12.2. The molecule has 1 saturated heterocycles. The number of aliphatic imine (C=N–C) groups is 1. The molecule has 30 heavy (non-hydrogen) atoms. The molecule has 160 valence electrons. The highest BCUT2D eigenvalue weighted by atomic mass is 16.5. The van der Waals surface area contributed by atoms with E-state index in [-0.39, 0.29) is 12.0 Å². The molecule has 1 amide bonds. The van der Waals surface area contributed by atoms with Crippen molar-refractivity contribution in [2.24, 2.45) is 4.99 Å². The van der Waals surface area contributed by atoms with Crippen LogP contribution < -0.4 is 15.4 Å². The van der Waals surface area contributed by atoms with Gasteiger partial charge < -0.3 is 20.3 Å². The highest BCUT2D eigenvalue weighted by Crippen LogP contribution is 2.18. The first-order chi connectivity index (χ1) is 14.6. The Balaban J connectivity index is 1.46. The molecule has 0 atom stereocenters. The van der Waals surface area contributed by atoms with Crippen LogP contribution in [0.15, 0.2) is 53.5 Å². The number of ether oxygens (including phenoxy) is 1. The van der Waals surface area contributed by atoms with Gasteiger partial charge >= 0.3 is 0 Å². The second-order valence-electron chi connectivity index (χ2n) is 7.32. The van der Waals surface area contributed by atoms with E-state index in [0.29, 0.717) is 18.8 Å². The van der Waals surface area contributed by atoms with E-state index in [1.54, 1.807) is 6.07 Å². The van der Waals surface area contributed by atoms with Crippen LogP contribution in [0.25, 0.3) is 0 Å². The highest BCUT2D eigenvalue weighted by Gasteiger charge is 2.22. The Morgan fingerprint density at radius 2 is 1.93 bits per heavy atom. The minimum atomic E-state index is -0.0809. The normalized spacial score (nSPS) is 15.0. The number of guanidine groups is 1. The Morgan fingerprint density at radius 1 is 1.17 bits per heavy atom. The van der Waals surface area contributed by atoms with E-state index >= 15 is 0 Å². The quantitative estimate of drug-likeness (QED) is 0.542. The van der Waals surface area contributed by atoms with Crippen molar-refractivity contribution in [3.05, 3.63) is 54.2 Å². The van der Waals surface area contributed by atoms with Crippen LogP contribution in [-0.4, -0.2) is 54.0 Å². The molecule has 1 aromatic carbocycles. The van der Waals surface area contributed by atoms with Gasteiger partial charge in [0.2, 0.25) is 5.91 Å². The molecule has 7 heteroatoms. The lowest BCUT2D eigenvalue weighted by molar-refractivity contribution is -0.116.